The lowest BCUT2D eigenvalue weighted by Gasteiger charge is -2.20. The fraction of sp³-hybridized carbons (Fsp3) is 0.346. The number of aromatic nitrogens is 2. The van der Waals surface area contributed by atoms with E-state index in [4.69, 9.17) is 4.74 Å². The molecule has 0 radical (unpaired) electrons. The number of ether oxygens (including phenoxy) is 1. The molecule has 1 aliphatic rings. The molecule has 1 amide bonds. The van der Waals surface area contributed by atoms with E-state index in [9.17, 15) is 13.2 Å². The van der Waals surface area contributed by atoms with Crippen LogP contribution in [0, 0.1) is 19.8 Å². The first-order valence-corrected chi connectivity index (χ1v) is 13.1. The summed E-state index contributed by atoms with van der Waals surface area (Å²) in [5, 5.41) is 3.00. The van der Waals surface area contributed by atoms with E-state index < -0.39 is 10.0 Å². The van der Waals surface area contributed by atoms with Crippen LogP contribution < -0.4 is 14.8 Å². The lowest BCUT2D eigenvalue weighted by atomic mass is 10.00. The van der Waals surface area contributed by atoms with Gasteiger partial charge in [0, 0.05) is 17.2 Å². The van der Waals surface area contributed by atoms with Gasteiger partial charge < -0.3 is 10.1 Å². The van der Waals surface area contributed by atoms with Crippen molar-refractivity contribution in [2.24, 2.45) is 5.92 Å². The smallest absolute Gasteiger partial charge is 0.264 e. The predicted octanol–water partition coefficient (Wildman–Crippen LogP) is 4.49. The first-order valence-electron chi connectivity index (χ1n) is 11.6. The van der Waals surface area contributed by atoms with Gasteiger partial charge in [0.1, 0.15) is 6.61 Å². The van der Waals surface area contributed by atoms with Crippen molar-refractivity contribution in [3.63, 3.8) is 0 Å². The van der Waals surface area contributed by atoms with Gasteiger partial charge in [0.2, 0.25) is 11.8 Å². The lowest BCUT2D eigenvalue weighted by Crippen LogP contribution is -2.39. The highest BCUT2D eigenvalue weighted by Gasteiger charge is 2.23. The monoisotopic (exact) mass is 494 g/mol. The number of nitrogens with zero attached hydrogens (tertiary/aromatic N) is 2. The molecule has 0 aliphatic carbocycles. The summed E-state index contributed by atoms with van der Waals surface area (Å²) in [6.45, 7) is 8.37. The Bertz CT molecular complexity index is 1330. The van der Waals surface area contributed by atoms with Crippen LogP contribution in [-0.4, -0.2) is 36.9 Å². The summed E-state index contributed by atoms with van der Waals surface area (Å²) >= 11 is 0. The second kappa shape index (κ2) is 10.0. The van der Waals surface area contributed by atoms with Crippen molar-refractivity contribution >= 4 is 21.9 Å². The first kappa shape index (κ1) is 24.7. The third-order valence-corrected chi connectivity index (χ3v) is 7.26. The average Bonchev–Trinajstić information content (AvgIpc) is 2.80. The maximum absolute atomic E-state index is 13.1. The van der Waals surface area contributed by atoms with Crippen LogP contribution in [0.4, 0.5) is 5.95 Å². The average molecular weight is 495 g/mol. The number of aryl methyl sites for hydroxylation is 2. The maximum Gasteiger partial charge on any atom is 0.264 e. The van der Waals surface area contributed by atoms with Gasteiger partial charge in [-0.3, -0.25) is 4.79 Å². The summed E-state index contributed by atoms with van der Waals surface area (Å²) in [7, 11) is -4.05. The van der Waals surface area contributed by atoms with Gasteiger partial charge >= 0.3 is 0 Å². The van der Waals surface area contributed by atoms with Crippen LogP contribution in [0.25, 0.3) is 11.3 Å². The van der Waals surface area contributed by atoms with Crippen LogP contribution in [0.5, 0.6) is 5.88 Å². The van der Waals surface area contributed by atoms with E-state index in [-0.39, 0.29) is 40.8 Å². The largest absolute Gasteiger partial charge is 0.475 e. The van der Waals surface area contributed by atoms with Gasteiger partial charge in [0.05, 0.1) is 16.6 Å². The molecule has 0 spiro atoms. The summed E-state index contributed by atoms with van der Waals surface area (Å²) in [6, 6.07) is 13.2. The van der Waals surface area contributed by atoms with E-state index in [0.717, 1.165) is 23.1 Å². The zero-order valence-electron chi connectivity index (χ0n) is 20.3. The van der Waals surface area contributed by atoms with Gasteiger partial charge in [-0.1, -0.05) is 38.1 Å². The molecule has 2 N–H and O–H groups in total. The molecule has 9 heteroatoms. The molecule has 4 rings (SSSR count). The standard InChI is InChI=1S/C26H30N4O4S/c1-16(2)11-12-20-15-34-23-14-22(24-17(3)7-5-8-18(24)4)28-26(29-23)30-35(32,33)21-10-6-9-19(13-21)25(31)27-20/h5-10,13-14,16,20H,11-12,15H2,1-4H3,(H,27,31)(H,28,29,30)/t20-/m1/s1. The molecule has 4 bridgehead atoms. The first-order chi connectivity index (χ1) is 16.6. The zero-order chi connectivity index (χ0) is 25.2. The van der Waals surface area contributed by atoms with Crippen molar-refractivity contribution in [1.29, 1.82) is 0 Å². The number of anilines is 1. The van der Waals surface area contributed by atoms with Gasteiger partial charge in [-0.25, -0.2) is 18.1 Å². The fourth-order valence-electron chi connectivity index (χ4n) is 4.06. The molecule has 184 valence electrons. The summed E-state index contributed by atoms with van der Waals surface area (Å²) in [5.41, 5.74) is 3.68. The van der Waals surface area contributed by atoms with Crippen LogP contribution in [0.15, 0.2) is 53.4 Å². The maximum atomic E-state index is 13.1. The molecular formula is C26H30N4O4S. The predicted molar refractivity (Wildman–Crippen MR) is 135 cm³/mol. The second-order valence-corrected chi connectivity index (χ2v) is 11.0. The third kappa shape index (κ3) is 5.79. The van der Waals surface area contributed by atoms with Gasteiger partial charge in [-0.15, -0.1) is 0 Å². The summed E-state index contributed by atoms with van der Waals surface area (Å²) in [5.74, 6) is 0.232. The van der Waals surface area contributed by atoms with Crippen molar-refractivity contribution < 1.29 is 17.9 Å². The van der Waals surface area contributed by atoms with Gasteiger partial charge in [0.25, 0.3) is 15.9 Å². The Morgan fingerprint density at radius 3 is 2.49 bits per heavy atom. The minimum atomic E-state index is -4.05. The lowest BCUT2D eigenvalue weighted by molar-refractivity contribution is 0.0915. The number of nitrogens with one attached hydrogen (secondary N) is 2. The van der Waals surface area contributed by atoms with Crippen LogP contribution in [0.3, 0.4) is 0 Å². The number of benzene rings is 2. The Morgan fingerprint density at radius 1 is 1.06 bits per heavy atom. The van der Waals surface area contributed by atoms with Crippen LogP contribution in [-0.2, 0) is 10.0 Å². The van der Waals surface area contributed by atoms with Gasteiger partial charge in [0.15, 0.2) is 0 Å². The van der Waals surface area contributed by atoms with Gasteiger partial charge in [-0.2, -0.15) is 4.98 Å². The van der Waals surface area contributed by atoms with Crippen molar-refractivity contribution in [2.75, 3.05) is 11.3 Å². The molecule has 0 saturated heterocycles. The summed E-state index contributed by atoms with van der Waals surface area (Å²) in [6.07, 6.45) is 1.61. The zero-order valence-corrected chi connectivity index (χ0v) is 21.1. The summed E-state index contributed by atoms with van der Waals surface area (Å²) < 4.78 is 34.8. The molecule has 0 fully saturated rings. The number of amides is 1. The van der Waals surface area contributed by atoms with E-state index in [1.165, 1.54) is 12.1 Å². The van der Waals surface area contributed by atoms with Crippen LogP contribution >= 0.6 is 0 Å². The Kier molecular flexibility index (Phi) is 7.07. The van der Waals surface area contributed by atoms with Crippen LogP contribution in [0.2, 0.25) is 0 Å². The molecule has 35 heavy (non-hydrogen) atoms. The van der Waals surface area contributed by atoms with Crippen molar-refractivity contribution in [3.8, 4) is 17.1 Å². The highest BCUT2D eigenvalue weighted by molar-refractivity contribution is 7.92. The third-order valence-electron chi connectivity index (χ3n) is 5.93. The highest BCUT2D eigenvalue weighted by atomic mass is 32.2. The highest BCUT2D eigenvalue weighted by Crippen LogP contribution is 2.29. The topological polar surface area (TPSA) is 110 Å². The van der Waals surface area contributed by atoms with Gasteiger partial charge in [-0.05, 0) is 61.9 Å². The number of carbonyl (C=O) groups excluding carboxylic acids is 1. The van der Waals surface area contributed by atoms with E-state index in [2.05, 4.69) is 33.9 Å². The molecule has 8 nitrogen and oxygen atoms in total. The normalized spacial score (nSPS) is 17.3. The Balaban J connectivity index is 1.82. The molecule has 1 atom stereocenters. The molecule has 3 aromatic rings. The van der Waals surface area contributed by atoms with E-state index in [1.807, 2.05) is 32.0 Å². The molecule has 1 aromatic heterocycles. The number of carbonyl (C=O) groups is 1. The second-order valence-electron chi connectivity index (χ2n) is 9.27. The molecular weight excluding hydrogens is 464 g/mol. The molecule has 2 heterocycles. The number of fused-ring (bicyclic) bond motifs is 4. The minimum absolute atomic E-state index is 0.0494. The molecule has 0 unspecified atom stereocenters. The minimum Gasteiger partial charge on any atom is -0.475 e. The fourth-order valence-corrected chi connectivity index (χ4v) is 5.05. The SMILES string of the molecule is Cc1cccc(C)c1-c1cc2nc(n1)NS(=O)(=O)c1cccc(c1)C(=O)N[C@H](CCC(C)C)CO2. The van der Waals surface area contributed by atoms with Crippen molar-refractivity contribution in [1.82, 2.24) is 15.3 Å². The Labute approximate surface area is 206 Å². The van der Waals surface area contributed by atoms with E-state index in [1.54, 1.807) is 18.2 Å². The Hall–Kier alpha value is -3.46. The number of hydrogen-bond acceptors (Lipinski definition) is 6. The number of hydrogen-bond donors (Lipinski definition) is 2. The van der Waals surface area contributed by atoms with Crippen molar-refractivity contribution in [2.45, 2.75) is 51.5 Å². The van der Waals surface area contributed by atoms with Crippen molar-refractivity contribution in [3.05, 3.63) is 65.2 Å². The van der Waals surface area contributed by atoms with Crippen LogP contribution in [0.1, 0.15) is 48.2 Å². The van der Waals surface area contributed by atoms with E-state index >= 15 is 0 Å². The molecule has 2 aromatic carbocycles. The summed E-state index contributed by atoms with van der Waals surface area (Å²) in [4.78, 5) is 21.7. The Morgan fingerprint density at radius 2 is 1.77 bits per heavy atom. The number of sulfonamides is 1. The van der Waals surface area contributed by atoms with E-state index in [0.29, 0.717) is 18.0 Å². The number of rotatable bonds is 4. The quantitative estimate of drug-likeness (QED) is 0.553. The molecule has 1 aliphatic heterocycles. The molecule has 0 saturated carbocycles.